The minimum atomic E-state index is -0.511. The van der Waals surface area contributed by atoms with Crippen LogP contribution in [0.25, 0.3) is 6.08 Å². The lowest BCUT2D eigenvalue weighted by atomic mass is 10.1. The summed E-state index contributed by atoms with van der Waals surface area (Å²) in [5.74, 6) is 0.341. The van der Waals surface area contributed by atoms with Crippen molar-refractivity contribution in [3.63, 3.8) is 0 Å². The Morgan fingerprint density at radius 3 is 2.45 bits per heavy atom. The zero-order chi connectivity index (χ0) is 22.5. The molecule has 3 rings (SSSR count). The second-order valence-corrected chi connectivity index (χ2v) is 7.57. The summed E-state index contributed by atoms with van der Waals surface area (Å²) in [6.45, 7) is 4.34. The molecule has 0 atom stereocenters. The summed E-state index contributed by atoms with van der Waals surface area (Å²) < 4.78 is 10.4. The van der Waals surface area contributed by atoms with Gasteiger partial charge in [-0.25, -0.2) is 4.99 Å². The van der Waals surface area contributed by atoms with Gasteiger partial charge in [0, 0.05) is 6.54 Å². The third kappa shape index (κ3) is 4.56. The van der Waals surface area contributed by atoms with Crippen LogP contribution in [0.15, 0.2) is 46.3 Å². The van der Waals surface area contributed by atoms with Crippen molar-refractivity contribution in [1.82, 2.24) is 4.90 Å². The number of likely N-dealkylation sites (N-methyl/N-ethyl adjacent to an activating group) is 1. The van der Waals surface area contributed by atoms with Crippen LogP contribution in [0.2, 0.25) is 0 Å². The lowest BCUT2D eigenvalue weighted by Gasteiger charge is -2.13. The molecule has 1 aliphatic rings. The number of hydrogen-bond donors (Lipinski definition) is 0. The van der Waals surface area contributed by atoms with Crippen LogP contribution in [-0.2, 0) is 11.2 Å². The summed E-state index contributed by atoms with van der Waals surface area (Å²) in [6.07, 6.45) is 2.32. The minimum Gasteiger partial charge on any atom is -0.493 e. The molecule has 1 aliphatic heterocycles. The third-order valence-corrected chi connectivity index (χ3v) is 5.82. The van der Waals surface area contributed by atoms with Crippen LogP contribution in [0.5, 0.6) is 11.5 Å². The first-order chi connectivity index (χ1) is 14.9. The van der Waals surface area contributed by atoms with Gasteiger partial charge in [0.25, 0.3) is 11.6 Å². The average molecular weight is 442 g/mol. The number of nitro groups is 1. The van der Waals surface area contributed by atoms with Crippen LogP contribution in [0.3, 0.4) is 0 Å². The molecule has 31 heavy (non-hydrogen) atoms. The van der Waals surface area contributed by atoms with E-state index in [1.807, 2.05) is 38.1 Å². The lowest BCUT2D eigenvalue weighted by molar-refractivity contribution is -0.385. The van der Waals surface area contributed by atoms with Crippen molar-refractivity contribution in [3.8, 4) is 11.5 Å². The minimum absolute atomic E-state index is 0.177. The van der Waals surface area contributed by atoms with E-state index in [2.05, 4.69) is 0 Å². The number of amides is 1. The van der Waals surface area contributed by atoms with Gasteiger partial charge in [0.2, 0.25) is 0 Å². The summed E-state index contributed by atoms with van der Waals surface area (Å²) in [5.41, 5.74) is 1.96. The fourth-order valence-electron chi connectivity index (χ4n) is 3.19. The topological polar surface area (TPSA) is 94.3 Å². The molecule has 1 saturated heterocycles. The Labute approximate surface area is 184 Å². The molecule has 1 amide bonds. The van der Waals surface area contributed by atoms with Crippen molar-refractivity contribution >= 4 is 40.3 Å². The molecule has 0 aromatic heterocycles. The highest BCUT2D eigenvalue weighted by Crippen LogP contribution is 2.39. The Kier molecular flexibility index (Phi) is 6.96. The number of aliphatic imine (C=N–C) groups is 1. The molecule has 8 nitrogen and oxygen atoms in total. The molecular weight excluding hydrogens is 418 g/mol. The van der Waals surface area contributed by atoms with Crippen LogP contribution in [0, 0.1) is 10.1 Å². The number of carbonyl (C=O) groups is 1. The van der Waals surface area contributed by atoms with E-state index in [1.54, 1.807) is 4.90 Å². The Balaban J connectivity index is 2.07. The smallest absolute Gasteiger partial charge is 0.280 e. The quantitative estimate of drug-likeness (QED) is 0.348. The van der Waals surface area contributed by atoms with Gasteiger partial charge in [-0.2, -0.15) is 0 Å². The predicted molar refractivity (Wildman–Crippen MR) is 122 cm³/mol. The van der Waals surface area contributed by atoms with E-state index in [9.17, 15) is 14.9 Å². The molecule has 1 fully saturated rings. The van der Waals surface area contributed by atoms with Crippen LogP contribution in [0.4, 0.5) is 11.4 Å². The molecule has 9 heteroatoms. The van der Waals surface area contributed by atoms with Crippen molar-refractivity contribution in [1.29, 1.82) is 0 Å². The van der Waals surface area contributed by atoms with Gasteiger partial charge >= 0.3 is 0 Å². The second kappa shape index (κ2) is 9.65. The monoisotopic (exact) mass is 441 g/mol. The number of benzene rings is 2. The van der Waals surface area contributed by atoms with Gasteiger partial charge in [-0.3, -0.25) is 19.8 Å². The molecule has 0 N–H and O–H groups in total. The number of aryl methyl sites for hydroxylation is 1. The van der Waals surface area contributed by atoms with Gasteiger partial charge in [-0.15, -0.1) is 0 Å². The van der Waals surface area contributed by atoms with E-state index in [4.69, 9.17) is 14.5 Å². The Morgan fingerprint density at radius 2 is 1.84 bits per heavy atom. The molecule has 0 bridgehead atoms. The SMILES string of the molecule is CCc1ccccc1N=C1S/C(=C/c2cc(OC)c(OC)cc2[N+](=O)[O-])C(=O)N1CC. The van der Waals surface area contributed by atoms with Gasteiger partial charge in [-0.1, -0.05) is 25.1 Å². The Bertz CT molecular complexity index is 1080. The van der Waals surface area contributed by atoms with E-state index >= 15 is 0 Å². The molecule has 2 aromatic rings. The van der Waals surface area contributed by atoms with Crippen molar-refractivity contribution in [2.75, 3.05) is 20.8 Å². The molecule has 0 unspecified atom stereocenters. The van der Waals surface area contributed by atoms with Gasteiger partial charge in [-0.05, 0) is 48.9 Å². The maximum Gasteiger partial charge on any atom is 0.280 e. The summed E-state index contributed by atoms with van der Waals surface area (Å²) in [5, 5.41) is 12.1. The number of ether oxygens (including phenoxy) is 2. The number of para-hydroxylation sites is 1. The van der Waals surface area contributed by atoms with E-state index in [0.29, 0.717) is 22.4 Å². The highest BCUT2D eigenvalue weighted by molar-refractivity contribution is 8.18. The number of methoxy groups -OCH3 is 2. The third-order valence-electron chi connectivity index (χ3n) is 4.81. The standard InChI is InChI=1S/C22H23N3O5S/c1-5-14-9-7-8-10-16(14)23-22-24(6-2)21(26)20(31-22)12-15-11-18(29-3)19(30-4)13-17(15)25(27)28/h7-13H,5-6H2,1-4H3/b20-12+,23-22?. The largest absolute Gasteiger partial charge is 0.493 e. The van der Waals surface area contributed by atoms with Gasteiger partial charge < -0.3 is 9.47 Å². The van der Waals surface area contributed by atoms with E-state index in [1.165, 1.54) is 44.2 Å². The van der Waals surface area contributed by atoms with Crippen LogP contribution in [0.1, 0.15) is 25.0 Å². The highest BCUT2D eigenvalue weighted by Gasteiger charge is 2.33. The second-order valence-electron chi connectivity index (χ2n) is 6.56. The first-order valence-electron chi connectivity index (χ1n) is 9.71. The summed E-state index contributed by atoms with van der Waals surface area (Å²) in [7, 11) is 2.86. The highest BCUT2D eigenvalue weighted by atomic mass is 32.2. The van der Waals surface area contributed by atoms with Crippen LogP contribution >= 0.6 is 11.8 Å². The Hall–Kier alpha value is -3.33. The van der Waals surface area contributed by atoms with Gasteiger partial charge in [0.1, 0.15) is 0 Å². The van der Waals surface area contributed by atoms with Crippen LogP contribution in [-0.4, -0.2) is 41.7 Å². The first kappa shape index (κ1) is 22.4. The number of rotatable bonds is 7. The van der Waals surface area contributed by atoms with Gasteiger partial charge in [0.05, 0.1) is 41.4 Å². The number of hydrogen-bond acceptors (Lipinski definition) is 7. The number of amidine groups is 1. The molecule has 0 aliphatic carbocycles. The molecule has 1 heterocycles. The van der Waals surface area contributed by atoms with Crippen LogP contribution < -0.4 is 9.47 Å². The average Bonchev–Trinajstić information content (AvgIpc) is 3.07. The number of nitrogens with zero attached hydrogens (tertiary/aromatic N) is 3. The zero-order valence-corrected chi connectivity index (χ0v) is 18.6. The van der Waals surface area contributed by atoms with E-state index < -0.39 is 4.92 Å². The molecular formula is C22H23N3O5S. The maximum absolute atomic E-state index is 13.0. The maximum atomic E-state index is 13.0. The first-order valence-corrected chi connectivity index (χ1v) is 10.5. The Morgan fingerprint density at radius 1 is 1.16 bits per heavy atom. The van der Waals surface area contributed by atoms with Crippen molar-refractivity contribution < 1.29 is 19.2 Å². The fourth-order valence-corrected chi connectivity index (χ4v) is 4.24. The van der Waals surface area contributed by atoms with Crippen molar-refractivity contribution in [2.45, 2.75) is 20.3 Å². The molecule has 2 aromatic carbocycles. The molecule has 0 saturated carbocycles. The lowest BCUT2D eigenvalue weighted by Crippen LogP contribution is -2.28. The fraction of sp³-hybridized carbons (Fsp3) is 0.273. The van der Waals surface area contributed by atoms with E-state index in [-0.39, 0.29) is 22.9 Å². The van der Waals surface area contributed by atoms with Gasteiger partial charge in [0.15, 0.2) is 16.7 Å². The zero-order valence-electron chi connectivity index (χ0n) is 17.7. The molecule has 0 radical (unpaired) electrons. The summed E-state index contributed by atoms with van der Waals surface area (Å²) in [4.78, 5) is 30.7. The van der Waals surface area contributed by atoms with Crippen molar-refractivity contribution in [3.05, 3.63) is 62.5 Å². The number of thioether (sulfide) groups is 1. The number of nitro benzene ring substituents is 1. The van der Waals surface area contributed by atoms with E-state index in [0.717, 1.165) is 17.7 Å². The summed E-state index contributed by atoms with van der Waals surface area (Å²) >= 11 is 1.20. The van der Waals surface area contributed by atoms with Crippen molar-refractivity contribution in [2.24, 2.45) is 4.99 Å². The number of carbonyl (C=O) groups excluding carboxylic acids is 1. The molecule has 162 valence electrons. The molecule has 0 spiro atoms. The summed E-state index contributed by atoms with van der Waals surface area (Å²) in [6, 6.07) is 10.6. The predicted octanol–water partition coefficient (Wildman–Crippen LogP) is 4.80. The normalized spacial score (nSPS) is 16.3.